The van der Waals surface area contributed by atoms with Crippen LogP contribution in [0.5, 0.6) is 0 Å². The highest BCUT2D eigenvalue weighted by Gasteiger charge is 2.15. The van der Waals surface area contributed by atoms with Crippen molar-refractivity contribution in [1.82, 2.24) is 0 Å². The lowest BCUT2D eigenvalue weighted by molar-refractivity contribution is 0.199. The summed E-state index contributed by atoms with van der Waals surface area (Å²) in [5.41, 5.74) is 2.25. The van der Waals surface area contributed by atoms with Gasteiger partial charge in [0.2, 0.25) is 0 Å². The van der Waals surface area contributed by atoms with E-state index in [2.05, 4.69) is 11.0 Å². The molecule has 1 aromatic rings. The van der Waals surface area contributed by atoms with Crippen molar-refractivity contribution in [3.8, 4) is 0 Å². The molecule has 1 heterocycles. The first-order valence-electron chi connectivity index (χ1n) is 5.38. The van der Waals surface area contributed by atoms with Crippen LogP contribution in [0.3, 0.4) is 0 Å². The van der Waals surface area contributed by atoms with Crippen LogP contribution in [0.25, 0.3) is 0 Å². The van der Waals surface area contributed by atoms with E-state index in [1.807, 2.05) is 36.9 Å². The zero-order valence-corrected chi connectivity index (χ0v) is 9.83. The quantitative estimate of drug-likeness (QED) is 0.832. The normalized spacial score (nSPS) is 18.9. The third-order valence-electron chi connectivity index (χ3n) is 2.74. The Balaban J connectivity index is 2.25. The molecule has 2 rings (SSSR count). The number of aliphatic hydroxyl groups excluding tert-OH is 1. The van der Waals surface area contributed by atoms with Crippen LogP contribution in [-0.4, -0.2) is 29.7 Å². The van der Waals surface area contributed by atoms with Gasteiger partial charge < -0.3 is 10.0 Å². The van der Waals surface area contributed by atoms with Crippen molar-refractivity contribution in [2.75, 3.05) is 29.5 Å². The highest BCUT2D eigenvalue weighted by atomic mass is 32.2. The van der Waals surface area contributed by atoms with E-state index in [0.29, 0.717) is 0 Å². The highest BCUT2D eigenvalue weighted by molar-refractivity contribution is 7.99. The van der Waals surface area contributed by atoms with Gasteiger partial charge in [0.15, 0.2) is 0 Å². The number of benzene rings is 1. The molecule has 0 aliphatic carbocycles. The predicted octanol–water partition coefficient (Wildman–Crippen LogP) is 2.29. The van der Waals surface area contributed by atoms with E-state index in [-0.39, 0.29) is 6.10 Å². The van der Waals surface area contributed by atoms with Gasteiger partial charge in [-0.3, -0.25) is 0 Å². The molecule has 1 aromatic carbocycles. The van der Waals surface area contributed by atoms with Gasteiger partial charge in [-0.1, -0.05) is 18.2 Å². The lowest BCUT2D eigenvalue weighted by atomic mass is 10.1. The molecule has 0 radical (unpaired) electrons. The SMILES string of the molecule is CC(O)c1ccccc1N1CCSCC1. The van der Waals surface area contributed by atoms with Crippen LogP contribution in [0, 0.1) is 0 Å². The Morgan fingerprint density at radius 1 is 1.27 bits per heavy atom. The second kappa shape index (κ2) is 4.90. The van der Waals surface area contributed by atoms with E-state index in [1.54, 1.807) is 0 Å². The molecule has 3 heteroatoms. The van der Waals surface area contributed by atoms with Crippen LogP contribution < -0.4 is 4.90 Å². The molecular formula is C12H17NOS. The minimum Gasteiger partial charge on any atom is -0.389 e. The lowest BCUT2D eigenvalue weighted by Crippen LogP contribution is -2.33. The first-order valence-corrected chi connectivity index (χ1v) is 6.54. The minimum absolute atomic E-state index is 0.379. The summed E-state index contributed by atoms with van der Waals surface area (Å²) >= 11 is 2.00. The molecule has 0 saturated carbocycles. The van der Waals surface area contributed by atoms with Gasteiger partial charge in [0, 0.05) is 35.8 Å². The average Bonchev–Trinajstić information content (AvgIpc) is 2.30. The van der Waals surface area contributed by atoms with Crippen LogP contribution in [0.15, 0.2) is 24.3 Å². The van der Waals surface area contributed by atoms with Crippen molar-refractivity contribution >= 4 is 17.4 Å². The van der Waals surface area contributed by atoms with Crippen molar-refractivity contribution in [2.45, 2.75) is 13.0 Å². The third kappa shape index (κ3) is 2.47. The molecule has 1 fully saturated rings. The van der Waals surface area contributed by atoms with Crippen molar-refractivity contribution < 1.29 is 5.11 Å². The largest absolute Gasteiger partial charge is 0.389 e. The smallest absolute Gasteiger partial charge is 0.0781 e. The topological polar surface area (TPSA) is 23.5 Å². The fourth-order valence-electron chi connectivity index (χ4n) is 1.93. The van der Waals surface area contributed by atoms with Gasteiger partial charge in [0.05, 0.1) is 6.10 Å². The third-order valence-corrected chi connectivity index (χ3v) is 3.68. The Bertz CT molecular complexity index is 321. The summed E-state index contributed by atoms with van der Waals surface area (Å²) in [5, 5.41) is 9.70. The number of hydrogen-bond donors (Lipinski definition) is 1. The fourth-order valence-corrected chi connectivity index (χ4v) is 2.84. The van der Waals surface area contributed by atoms with Gasteiger partial charge >= 0.3 is 0 Å². The Labute approximate surface area is 95.3 Å². The van der Waals surface area contributed by atoms with Crippen LogP contribution >= 0.6 is 11.8 Å². The molecule has 1 atom stereocenters. The zero-order chi connectivity index (χ0) is 10.7. The molecular weight excluding hydrogens is 206 g/mol. The minimum atomic E-state index is -0.379. The van der Waals surface area contributed by atoms with Crippen LogP contribution in [0.2, 0.25) is 0 Å². The number of anilines is 1. The molecule has 0 aromatic heterocycles. The van der Waals surface area contributed by atoms with E-state index >= 15 is 0 Å². The maximum Gasteiger partial charge on any atom is 0.0781 e. The molecule has 1 aliphatic rings. The van der Waals surface area contributed by atoms with Crippen molar-refractivity contribution in [3.05, 3.63) is 29.8 Å². The molecule has 0 spiro atoms. The fraction of sp³-hybridized carbons (Fsp3) is 0.500. The summed E-state index contributed by atoms with van der Waals surface area (Å²) < 4.78 is 0. The molecule has 82 valence electrons. The molecule has 0 bridgehead atoms. The molecule has 1 aliphatic heterocycles. The number of para-hydroxylation sites is 1. The number of rotatable bonds is 2. The van der Waals surface area contributed by atoms with Crippen molar-refractivity contribution in [3.63, 3.8) is 0 Å². The Kier molecular flexibility index (Phi) is 3.54. The van der Waals surface area contributed by atoms with Crippen LogP contribution in [0.4, 0.5) is 5.69 Å². The highest BCUT2D eigenvalue weighted by Crippen LogP contribution is 2.27. The Morgan fingerprint density at radius 3 is 2.60 bits per heavy atom. The maximum atomic E-state index is 9.70. The standard InChI is InChI=1S/C12H17NOS/c1-10(14)11-4-2-3-5-12(11)13-6-8-15-9-7-13/h2-5,10,14H,6-9H2,1H3. The van der Waals surface area contributed by atoms with E-state index in [4.69, 9.17) is 0 Å². The average molecular weight is 223 g/mol. The van der Waals surface area contributed by atoms with Gasteiger partial charge in [0.25, 0.3) is 0 Å². The van der Waals surface area contributed by atoms with Crippen molar-refractivity contribution in [1.29, 1.82) is 0 Å². The molecule has 1 unspecified atom stereocenters. The summed E-state index contributed by atoms with van der Waals surface area (Å²) in [5.74, 6) is 2.38. The zero-order valence-electron chi connectivity index (χ0n) is 9.02. The summed E-state index contributed by atoms with van der Waals surface area (Å²) in [6.07, 6.45) is -0.379. The lowest BCUT2D eigenvalue weighted by Gasteiger charge is -2.30. The van der Waals surface area contributed by atoms with Gasteiger partial charge in [-0.2, -0.15) is 11.8 Å². The molecule has 15 heavy (non-hydrogen) atoms. The summed E-state index contributed by atoms with van der Waals surface area (Å²) in [4.78, 5) is 2.37. The second-order valence-corrected chi connectivity index (χ2v) is 5.06. The maximum absolute atomic E-state index is 9.70. The molecule has 1 N–H and O–H groups in total. The summed E-state index contributed by atoms with van der Waals surface area (Å²) in [7, 11) is 0. The predicted molar refractivity (Wildman–Crippen MR) is 66.6 cm³/mol. The van der Waals surface area contributed by atoms with Crippen LogP contribution in [0.1, 0.15) is 18.6 Å². The number of aliphatic hydroxyl groups is 1. The molecule has 2 nitrogen and oxygen atoms in total. The van der Waals surface area contributed by atoms with Gasteiger partial charge in [-0.15, -0.1) is 0 Å². The van der Waals surface area contributed by atoms with Gasteiger partial charge in [-0.05, 0) is 13.0 Å². The Morgan fingerprint density at radius 2 is 1.93 bits per heavy atom. The van der Waals surface area contributed by atoms with Gasteiger partial charge in [-0.25, -0.2) is 0 Å². The number of nitrogens with zero attached hydrogens (tertiary/aromatic N) is 1. The first-order chi connectivity index (χ1) is 7.29. The van der Waals surface area contributed by atoms with Crippen molar-refractivity contribution in [2.24, 2.45) is 0 Å². The van der Waals surface area contributed by atoms with Gasteiger partial charge in [0.1, 0.15) is 0 Å². The summed E-state index contributed by atoms with van der Waals surface area (Å²) in [6.45, 7) is 4.01. The Hall–Kier alpha value is -0.670. The number of hydrogen-bond acceptors (Lipinski definition) is 3. The van der Waals surface area contributed by atoms with E-state index in [9.17, 15) is 5.11 Å². The van der Waals surface area contributed by atoms with E-state index in [1.165, 1.54) is 17.2 Å². The van der Waals surface area contributed by atoms with E-state index in [0.717, 1.165) is 18.7 Å². The molecule has 1 saturated heterocycles. The van der Waals surface area contributed by atoms with E-state index < -0.39 is 0 Å². The van der Waals surface area contributed by atoms with Crippen LogP contribution in [-0.2, 0) is 0 Å². The monoisotopic (exact) mass is 223 g/mol. The number of thioether (sulfide) groups is 1. The first kappa shape index (κ1) is 10.8. The molecule has 0 amide bonds. The second-order valence-electron chi connectivity index (χ2n) is 3.83. The summed E-state index contributed by atoms with van der Waals surface area (Å²) in [6, 6.07) is 8.16.